The van der Waals surface area contributed by atoms with Gasteiger partial charge in [-0.15, -0.1) is 0 Å². The predicted octanol–water partition coefficient (Wildman–Crippen LogP) is 1.15. The normalized spacial score (nSPS) is 52.3. The molecule has 0 unspecified atom stereocenters. The molecule has 308 valence electrons. The van der Waals surface area contributed by atoms with Crippen LogP contribution >= 0.6 is 0 Å². The fourth-order valence-electron chi connectivity index (χ4n) is 10.1. The van der Waals surface area contributed by atoms with Crippen LogP contribution in [-0.4, -0.2) is 114 Å². The van der Waals surface area contributed by atoms with E-state index in [-0.39, 0.29) is 41.8 Å². The third kappa shape index (κ3) is 7.23. The van der Waals surface area contributed by atoms with Gasteiger partial charge in [0.15, 0.2) is 23.8 Å². The van der Waals surface area contributed by atoms with Gasteiger partial charge in [-0.3, -0.25) is 0 Å². The van der Waals surface area contributed by atoms with Crippen LogP contribution in [-0.2, 0) is 56.6 Å². The van der Waals surface area contributed by atoms with Crippen LogP contribution in [0, 0.1) is 22.7 Å². The summed E-state index contributed by atoms with van der Waals surface area (Å²) in [7, 11) is 0. The largest absolute Gasteiger partial charge is 1.00 e. The average Bonchev–Trinajstić information content (AvgIpc) is 3.84. The van der Waals surface area contributed by atoms with E-state index in [1.54, 1.807) is 0 Å². The van der Waals surface area contributed by atoms with Crippen LogP contribution in [0.5, 0.6) is 0 Å². The van der Waals surface area contributed by atoms with Gasteiger partial charge in [0.1, 0.15) is 12.2 Å². The van der Waals surface area contributed by atoms with Crippen molar-refractivity contribution in [1.29, 1.82) is 0 Å². The number of rotatable bonds is 0. The second-order valence-corrected chi connectivity index (χ2v) is 18.6. The van der Waals surface area contributed by atoms with Crippen LogP contribution < -0.4 is 29.6 Å². The molecule has 11 bridgehead atoms. The number of esters is 2. The third-order valence-corrected chi connectivity index (χ3v) is 14.3. The predicted molar refractivity (Wildman–Crippen MR) is 194 cm³/mol. The van der Waals surface area contributed by atoms with Crippen LogP contribution in [0.3, 0.4) is 0 Å². The first-order valence-corrected chi connectivity index (χ1v) is 20.5. The molecule has 0 aromatic rings. The first-order chi connectivity index (χ1) is 25.9. The Kier molecular flexibility index (Phi) is 12.0. The van der Waals surface area contributed by atoms with Crippen LogP contribution in [0.15, 0.2) is 24.3 Å². The molecule has 16 atom stereocenters. The Labute approximate surface area is 352 Å². The molecule has 8 rings (SSSR count). The quantitative estimate of drug-likeness (QED) is 0.204. The summed E-state index contributed by atoms with van der Waals surface area (Å²) in [6.45, 7) is 11.8. The number of fused-ring (bicyclic) bond motifs is 8. The summed E-state index contributed by atoms with van der Waals surface area (Å²) in [5, 5.41) is 23.3. The Morgan fingerprint density at radius 3 is 1.43 bits per heavy atom. The smallest absolute Gasteiger partial charge is 0.504 e. The summed E-state index contributed by atoms with van der Waals surface area (Å²) in [5.74, 6) is -6.02. The summed E-state index contributed by atoms with van der Waals surface area (Å²) >= 11 is 0. The number of hydrogen-bond donors (Lipinski definition) is 2. The van der Waals surface area contributed by atoms with E-state index < -0.39 is 114 Å². The van der Waals surface area contributed by atoms with E-state index >= 15 is 0 Å². The fraction of sp³-hybridized carbons (Fsp3) is 0.850. The van der Waals surface area contributed by atoms with Gasteiger partial charge in [0.05, 0.1) is 48.8 Å². The fourth-order valence-corrected chi connectivity index (χ4v) is 10.1. The summed E-state index contributed by atoms with van der Waals surface area (Å²) < 4.78 is 65.8. The SMILES string of the molecule is C[C@@H]1CC[C@@H]2O[C@]13O[B-]14O[C@H]3C(=O)O[C@H]3C[C@@H](/C=C\C[C@@H](O)C(C)(C)[C@@H]5CC[C@@H](C)[C@](O5)(O1)[C@@H](O4)C(=O)O[C@H]1C[C@@H](/C=C\C[C@@H](O)C2(C)C)O[C@@H]1C)O[C@@H]3C.[Na+]. The summed E-state index contributed by atoms with van der Waals surface area (Å²) in [4.78, 5) is 29.2. The van der Waals surface area contributed by atoms with Crippen molar-refractivity contribution in [3.05, 3.63) is 24.3 Å². The Morgan fingerprint density at radius 1 is 0.643 bits per heavy atom. The topological polar surface area (TPSA) is 167 Å². The zero-order valence-electron chi connectivity index (χ0n) is 34.4. The third-order valence-electron chi connectivity index (χ3n) is 14.3. The molecule has 8 aliphatic rings. The van der Waals surface area contributed by atoms with Gasteiger partial charge in [-0.2, -0.15) is 0 Å². The molecule has 0 amide bonds. The van der Waals surface area contributed by atoms with Crippen LogP contribution in [0.4, 0.5) is 0 Å². The van der Waals surface area contributed by atoms with Crippen molar-refractivity contribution in [3.8, 4) is 0 Å². The van der Waals surface area contributed by atoms with Crippen molar-refractivity contribution >= 4 is 18.9 Å². The minimum Gasteiger partial charge on any atom is -0.504 e. The van der Waals surface area contributed by atoms with E-state index in [9.17, 15) is 19.8 Å². The molecule has 6 saturated heterocycles. The maximum absolute atomic E-state index is 14.6. The minimum atomic E-state index is -3.42. The summed E-state index contributed by atoms with van der Waals surface area (Å²) in [6.07, 6.45) is 2.49. The van der Waals surface area contributed by atoms with Crippen molar-refractivity contribution in [3.63, 3.8) is 0 Å². The molecule has 8 heterocycles. The molecule has 0 radical (unpaired) electrons. The van der Waals surface area contributed by atoms with Gasteiger partial charge in [0.2, 0.25) is 0 Å². The van der Waals surface area contributed by atoms with Gasteiger partial charge < -0.3 is 57.3 Å². The number of aliphatic hydroxyl groups is 2. The number of hydrogen-bond acceptors (Lipinski definition) is 14. The average molecular weight is 799 g/mol. The van der Waals surface area contributed by atoms with Crippen LogP contribution in [0.2, 0.25) is 0 Å². The Bertz CT molecular complexity index is 1450. The molecule has 0 saturated carbocycles. The van der Waals surface area contributed by atoms with E-state index in [0.717, 1.165) is 0 Å². The molecule has 0 aliphatic carbocycles. The maximum atomic E-state index is 14.6. The van der Waals surface area contributed by atoms with Crippen molar-refractivity contribution < 1.29 is 96.4 Å². The van der Waals surface area contributed by atoms with Gasteiger partial charge in [-0.25, -0.2) is 9.59 Å². The Balaban J connectivity index is 0.00000480. The molecule has 0 aromatic heterocycles. The van der Waals surface area contributed by atoms with Gasteiger partial charge >= 0.3 is 48.5 Å². The molecule has 56 heavy (non-hydrogen) atoms. The Hall–Kier alpha value is -0.915. The summed E-state index contributed by atoms with van der Waals surface area (Å²) in [5.41, 5.74) is -1.64. The second kappa shape index (κ2) is 15.5. The monoisotopic (exact) mass is 798 g/mol. The number of carbonyl (C=O) groups is 2. The van der Waals surface area contributed by atoms with Gasteiger partial charge in [-0.05, 0) is 52.4 Å². The van der Waals surface area contributed by atoms with Crippen LogP contribution in [0.1, 0.15) is 107 Å². The molecular weight excluding hydrogens is 738 g/mol. The number of aliphatic hydroxyl groups excluding tert-OH is 2. The zero-order chi connectivity index (χ0) is 39.3. The summed E-state index contributed by atoms with van der Waals surface area (Å²) in [6, 6.07) is 0. The van der Waals surface area contributed by atoms with E-state index in [1.807, 2.05) is 79.7 Å². The minimum absolute atomic E-state index is 0. The number of carbonyl (C=O) groups excluding carboxylic acids is 2. The molecule has 14 nitrogen and oxygen atoms in total. The van der Waals surface area contributed by atoms with Crippen molar-refractivity contribution in [2.75, 3.05) is 0 Å². The van der Waals surface area contributed by atoms with E-state index in [0.29, 0.717) is 51.4 Å². The molecule has 8 aliphatic heterocycles. The Morgan fingerprint density at radius 2 is 1.04 bits per heavy atom. The molecule has 2 N–H and O–H groups in total. The number of ether oxygens (including phenoxy) is 6. The van der Waals surface area contributed by atoms with Crippen molar-refractivity contribution in [2.24, 2.45) is 22.7 Å². The van der Waals surface area contributed by atoms with Crippen LogP contribution in [0.25, 0.3) is 0 Å². The standard InChI is InChI=1S/C40H60BO14.Na/c1-21-15-17-31-37(5,6)29(42)13-9-11-26-20-28(24(4)47-26)49-36(45)34-40-22(2)16-18-32(51-40)38(7,8)30(43)14-10-12-25-19-27(23(3)46-25)48-35(44)33-39(21,50-31)54-41(52-33,53-34)55-40;/h9-12,21-34,42-43H,13-20H2,1-8H3;/q-1;+1/b11-9-,12-10-;/t21-,22-,23-,24-,25-,26-,27+,28+,29-,30-,31+,32+,33+,34+,39+,40+,41?;/m1./s1. The van der Waals surface area contributed by atoms with Crippen molar-refractivity contribution in [2.45, 2.75) is 192 Å². The first kappa shape index (κ1) is 43.2. The van der Waals surface area contributed by atoms with Gasteiger partial charge in [0.25, 0.3) is 0 Å². The molecule has 3 spiro atoms. The first-order valence-electron chi connectivity index (χ1n) is 20.5. The van der Waals surface area contributed by atoms with E-state index in [4.69, 9.17) is 47.0 Å². The van der Waals surface area contributed by atoms with Crippen molar-refractivity contribution in [1.82, 2.24) is 0 Å². The molecule has 16 heteroatoms. The van der Waals surface area contributed by atoms with E-state index in [1.165, 1.54) is 0 Å². The zero-order valence-corrected chi connectivity index (χ0v) is 36.4. The molecule has 0 aromatic carbocycles. The van der Waals surface area contributed by atoms with Gasteiger partial charge in [0, 0.05) is 35.5 Å². The molecule has 6 fully saturated rings. The maximum Gasteiger partial charge on any atom is 1.00 e. The second-order valence-electron chi connectivity index (χ2n) is 18.6. The van der Waals surface area contributed by atoms with Gasteiger partial charge in [-0.1, -0.05) is 65.8 Å². The molecular formula is C40H60BNaO14. The van der Waals surface area contributed by atoms with E-state index in [2.05, 4.69) is 0 Å².